The van der Waals surface area contributed by atoms with E-state index in [1.165, 1.54) is 17.0 Å². The van der Waals surface area contributed by atoms with Gasteiger partial charge in [0.2, 0.25) is 5.91 Å². The maximum atomic E-state index is 13.3. The number of hydrogen-bond acceptors (Lipinski definition) is 5. The summed E-state index contributed by atoms with van der Waals surface area (Å²) in [6, 6.07) is 20.4. The molecule has 0 saturated carbocycles. The van der Waals surface area contributed by atoms with Crippen molar-refractivity contribution in [2.24, 2.45) is 0 Å². The van der Waals surface area contributed by atoms with Crippen LogP contribution in [0.25, 0.3) is 0 Å². The SMILES string of the molecule is Cc1ccc([N+](=O)[O-])cc1NC(=O)C1Cc2ccccc2CN1C(=O)OCc1ccccc1. The molecule has 3 aromatic rings. The van der Waals surface area contributed by atoms with Gasteiger partial charge in [-0.2, -0.15) is 0 Å². The van der Waals surface area contributed by atoms with Gasteiger partial charge in [-0.15, -0.1) is 0 Å². The molecule has 0 saturated heterocycles. The first-order valence-corrected chi connectivity index (χ1v) is 10.5. The van der Waals surface area contributed by atoms with Crippen molar-refractivity contribution in [3.05, 3.63) is 105 Å². The molecule has 1 atom stereocenters. The predicted molar refractivity (Wildman–Crippen MR) is 123 cm³/mol. The molecule has 1 heterocycles. The number of non-ortho nitro benzene ring substituents is 1. The molecule has 8 heteroatoms. The number of ether oxygens (including phenoxy) is 1. The fraction of sp³-hybridized carbons (Fsp3) is 0.200. The lowest BCUT2D eigenvalue weighted by Gasteiger charge is -2.35. The summed E-state index contributed by atoms with van der Waals surface area (Å²) in [7, 11) is 0. The normalized spacial score (nSPS) is 14.8. The zero-order valence-electron chi connectivity index (χ0n) is 18.1. The van der Waals surface area contributed by atoms with E-state index in [4.69, 9.17) is 4.74 Å². The number of nitrogens with zero attached hydrogens (tertiary/aromatic N) is 2. The number of nitrogens with one attached hydrogen (secondary N) is 1. The zero-order valence-corrected chi connectivity index (χ0v) is 18.1. The van der Waals surface area contributed by atoms with E-state index in [2.05, 4.69) is 5.32 Å². The summed E-state index contributed by atoms with van der Waals surface area (Å²) >= 11 is 0. The molecule has 2 amide bonds. The Morgan fingerprint density at radius 1 is 1.06 bits per heavy atom. The van der Waals surface area contributed by atoms with E-state index in [0.717, 1.165) is 16.7 Å². The van der Waals surface area contributed by atoms with Crippen molar-refractivity contribution in [2.75, 3.05) is 5.32 Å². The van der Waals surface area contributed by atoms with Crippen molar-refractivity contribution in [3.63, 3.8) is 0 Å². The molecule has 168 valence electrons. The average molecular weight is 445 g/mol. The number of amides is 2. The van der Waals surface area contributed by atoms with Crippen molar-refractivity contribution < 1.29 is 19.2 Å². The highest BCUT2D eigenvalue weighted by Gasteiger charge is 2.36. The Balaban J connectivity index is 1.56. The van der Waals surface area contributed by atoms with Gasteiger partial charge in [0, 0.05) is 18.6 Å². The van der Waals surface area contributed by atoms with E-state index in [1.54, 1.807) is 13.0 Å². The van der Waals surface area contributed by atoms with Gasteiger partial charge >= 0.3 is 6.09 Å². The first-order valence-electron chi connectivity index (χ1n) is 10.5. The van der Waals surface area contributed by atoms with Crippen LogP contribution in [0, 0.1) is 17.0 Å². The Morgan fingerprint density at radius 3 is 2.48 bits per heavy atom. The van der Waals surface area contributed by atoms with Gasteiger partial charge in [0.05, 0.1) is 17.2 Å². The lowest BCUT2D eigenvalue weighted by atomic mass is 9.93. The average Bonchev–Trinajstić information content (AvgIpc) is 2.83. The quantitative estimate of drug-likeness (QED) is 0.457. The molecule has 0 fully saturated rings. The van der Waals surface area contributed by atoms with Crippen LogP contribution in [-0.2, 0) is 29.1 Å². The lowest BCUT2D eigenvalue weighted by molar-refractivity contribution is -0.384. The molecular formula is C25H23N3O5. The number of fused-ring (bicyclic) bond motifs is 1. The summed E-state index contributed by atoms with van der Waals surface area (Å²) in [5.74, 6) is -0.426. The number of anilines is 1. The van der Waals surface area contributed by atoms with E-state index in [0.29, 0.717) is 17.7 Å². The third kappa shape index (κ3) is 5.01. The summed E-state index contributed by atoms with van der Waals surface area (Å²) < 4.78 is 5.51. The molecule has 0 aliphatic carbocycles. The van der Waals surface area contributed by atoms with Crippen molar-refractivity contribution >= 4 is 23.4 Å². The number of nitro benzene ring substituents is 1. The summed E-state index contributed by atoms with van der Waals surface area (Å²) in [6.45, 7) is 2.08. The summed E-state index contributed by atoms with van der Waals surface area (Å²) in [6.07, 6.45) is -0.277. The highest BCUT2D eigenvalue weighted by molar-refractivity contribution is 5.97. The maximum Gasteiger partial charge on any atom is 0.411 e. The molecule has 4 rings (SSSR count). The van der Waals surface area contributed by atoms with Crippen LogP contribution in [0.5, 0.6) is 0 Å². The van der Waals surface area contributed by atoms with Crippen LogP contribution >= 0.6 is 0 Å². The minimum absolute atomic E-state index is 0.0934. The van der Waals surface area contributed by atoms with Crippen molar-refractivity contribution in [1.82, 2.24) is 4.90 Å². The van der Waals surface area contributed by atoms with Crippen LogP contribution in [-0.4, -0.2) is 27.9 Å². The Morgan fingerprint density at radius 2 is 1.76 bits per heavy atom. The molecular weight excluding hydrogens is 422 g/mol. The van der Waals surface area contributed by atoms with E-state index in [9.17, 15) is 19.7 Å². The Hall–Kier alpha value is -4.20. The van der Waals surface area contributed by atoms with Crippen molar-refractivity contribution in [3.8, 4) is 0 Å². The molecule has 1 N–H and O–H groups in total. The second-order valence-corrected chi connectivity index (χ2v) is 7.90. The van der Waals surface area contributed by atoms with Crippen LogP contribution < -0.4 is 5.32 Å². The summed E-state index contributed by atoms with van der Waals surface area (Å²) in [4.78, 5) is 38.3. The fourth-order valence-corrected chi connectivity index (χ4v) is 3.83. The van der Waals surface area contributed by atoms with Gasteiger partial charge in [-0.1, -0.05) is 60.7 Å². The van der Waals surface area contributed by atoms with E-state index in [-0.39, 0.29) is 18.8 Å². The zero-order chi connectivity index (χ0) is 23.4. The molecule has 0 bridgehead atoms. The van der Waals surface area contributed by atoms with E-state index < -0.39 is 23.0 Å². The largest absolute Gasteiger partial charge is 0.445 e. The van der Waals surface area contributed by atoms with Gasteiger partial charge in [0.25, 0.3) is 5.69 Å². The molecule has 1 aliphatic rings. The molecule has 0 radical (unpaired) electrons. The maximum absolute atomic E-state index is 13.3. The second-order valence-electron chi connectivity index (χ2n) is 7.90. The molecule has 1 unspecified atom stereocenters. The van der Waals surface area contributed by atoms with Gasteiger partial charge in [-0.25, -0.2) is 4.79 Å². The monoisotopic (exact) mass is 445 g/mol. The van der Waals surface area contributed by atoms with Gasteiger partial charge in [-0.05, 0) is 29.2 Å². The number of carbonyl (C=O) groups is 2. The highest BCUT2D eigenvalue weighted by atomic mass is 16.6. The fourth-order valence-electron chi connectivity index (χ4n) is 3.83. The Labute approximate surface area is 190 Å². The topological polar surface area (TPSA) is 102 Å². The third-order valence-corrected chi connectivity index (χ3v) is 5.68. The predicted octanol–water partition coefficient (Wildman–Crippen LogP) is 4.61. The molecule has 3 aromatic carbocycles. The van der Waals surface area contributed by atoms with Gasteiger partial charge in [0.1, 0.15) is 12.6 Å². The third-order valence-electron chi connectivity index (χ3n) is 5.68. The molecule has 0 spiro atoms. The second kappa shape index (κ2) is 9.52. The summed E-state index contributed by atoms with van der Waals surface area (Å²) in [5.41, 5.74) is 3.67. The first-order chi connectivity index (χ1) is 15.9. The van der Waals surface area contributed by atoms with E-state index >= 15 is 0 Å². The Bertz CT molecular complexity index is 1200. The van der Waals surface area contributed by atoms with Crippen LogP contribution in [0.4, 0.5) is 16.2 Å². The lowest BCUT2D eigenvalue weighted by Crippen LogP contribution is -2.50. The number of benzene rings is 3. The van der Waals surface area contributed by atoms with Crippen LogP contribution in [0.1, 0.15) is 22.3 Å². The molecule has 8 nitrogen and oxygen atoms in total. The van der Waals surface area contributed by atoms with Crippen LogP contribution in [0.3, 0.4) is 0 Å². The van der Waals surface area contributed by atoms with Gasteiger partial charge < -0.3 is 10.1 Å². The molecule has 33 heavy (non-hydrogen) atoms. The van der Waals surface area contributed by atoms with Gasteiger partial charge in [-0.3, -0.25) is 19.8 Å². The van der Waals surface area contributed by atoms with Crippen LogP contribution in [0.15, 0.2) is 72.8 Å². The minimum atomic E-state index is -0.818. The number of rotatable bonds is 5. The van der Waals surface area contributed by atoms with Crippen molar-refractivity contribution in [1.29, 1.82) is 0 Å². The minimum Gasteiger partial charge on any atom is -0.445 e. The first kappa shape index (κ1) is 22.0. The number of aryl methyl sites for hydroxylation is 1. The highest BCUT2D eigenvalue weighted by Crippen LogP contribution is 2.27. The van der Waals surface area contributed by atoms with E-state index in [1.807, 2.05) is 54.6 Å². The molecule has 0 aromatic heterocycles. The Kier molecular flexibility index (Phi) is 6.35. The number of nitro groups is 1. The van der Waals surface area contributed by atoms with Crippen LogP contribution in [0.2, 0.25) is 0 Å². The van der Waals surface area contributed by atoms with Gasteiger partial charge in [0.15, 0.2) is 0 Å². The molecule has 1 aliphatic heterocycles. The summed E-state index contributed by atoms with van der Waals surface area (Å²) in [5, 5.41) is 13.9. The smallest absolute Gasteiger partial charge is 0.411 e. The standard InChI is InChI=1S/C25H23N3O5/c1-17-11-12-21(28(31)32)14-22(17)26-24(29)23-13-19-9-5-6-10-20(19)15-27(23)25(30)33-16-18-7-3-2-4-8-18/h2-12,14,23H,13,15-16H2,1H3,(H,26,29). The van der Waals surface area contributed by atoms with Crippen molar-refractivity contribution in [2.45, 2.75) is 32.5 Å². The number of carbonyl (C=O) groups excluding carboxylic acids is 2. The number of hydrogen-bond donors (Lipinski definition) is 1.